The predicted octanol–water partition coefficient (Wildman–Crippen LogP) is 2.80. The van der Waals surface area contributed by atoms with Gasteiger partial charge in [0.2, 0.25) is 0 Å². The molecule has 1 aromatic carbocycles. The average molecular weight is 191 g/mol. The molecule has 0 unspecified atom stereocenters. The monoisotopic (exact) mass is 191 g/mol. The van der Waals surface area contributed by atoms with Crippen molar-refractivity contribution in [1.82, 2.24) is 4.90 Å². The first-order valence-electron chi connectivity index (χ1n) is 5.30. The molecule has 0 aromatic heterocycles. The Labute approximate surface area is 87.7 Å². The molecule has 0 saturated heterocycles. The van der Waals surface area contributed by atoms with Crippen LogP contribution in [0.2, 0.25) is 0 Å². The molecule has 0 saturated carbocycles. The van der Waals surface area contributed by atoms with Crippen LogP contribution in [0.3, 0.4) is 0 Å². The first kappa shape index (κ1) is 11.3. The minimum Gasteiger partial charge on any atom is -0.309 e. The lowest BCUT2D eigenvalue weighted by molar-refractivity contribution is 0.400. The van der Waals surface area contributed by atoms with Gasteiger partial charge in [0.05, 0.1) is 0 Å². The van der Waals surface area contributed by atoms with Gasteiger partial charge in [0.1, 0.15) is 0 Å². The Kier molecular flexibility index (Phi) is 4.15. The molecular weight excluding hydrogens is 170 g/mol. The summed E-state index contributed by atoms with van der Waals surface area (Å²) >= 11 is 0. The summed E-state index contributed by atoms with van der Waals surface area (Å²) in [6.07, 6.45) is 2.44. The number of hydrogen-bond donors (Lipinski definition) is 0. The second-order valence-electron chi connectivity index (χ2n) is 4.33. The van der Waals surface area contributed by atoms with Crippen molar-refractivity contribution in [2.24, 2.45) is 0 Å². The minimum absolute atomic E-state index is 1.17. The fraction of sp³-hybridized carbons (Fsp3) is 0.538. The normalized spacial score (nSPS) is 10.9. The third-order valence-corrected chi connectivity index (χ3v) is 2.64. The van der Waals surface area contributed by atoms with Crippen molar-refractivity contribution >= 4 is 0 Å². The van der Waals surface area contributed by atoms with E-state index in [1.165, 1.54) is 36.1 Å². The smallest absolute Gasteiger partial charge is 0.00217 e. The van der Waals surface area contributed by atoms with E-state index in [-0.39, 0.29) is 0 Å². The Balaban J connectivity index is 2.47. The summed E-state index contributed by atoms with van der Waals surface area (Å²) < 4.78 is 0. The lowest BCUT2D eigenvalue weighted by atomic mass is 10.0. The Morgan fingerprint density at radius 3 is 2.36 bits per heavy atom. The summed E-state index contributed by atoms with van der Waals surface area (Å²) in [5.74, 6) is 0. The largest absolute Gasteiger partial charge is 0.309 e. The van der Waals surface area contributed by atoms with Gasteiger partial charge in [0.25, 0.3) is 0 Å². The first-order chi connectivity index (χ1) is 6.59. The van der Waals surface area contributed by atoms with E-state index in [4.69, 9.17) is 0 Å². The Morgan fingerprint density at radius 2 is 1.79 bits per heavy atom. The van der Waals surface area contributed by atoms with Gasteiger partial charge in [-0.15, -0.1) is 0 Å². The van der Waals surface area contributed by atoms with Crippen molar-refractivity contribution in [2.75, 3.05) is 20.6 Å². The van der Waals surface area contributed by atoms with Gasteiger partial charge in [-0.05, 0) is 64.0 Å². The highest BCUT2D eigenvalue weighted by Crippen LogP contribution is 2.11. The molecule has 1 rings (SSSR count). The van der Waals surface area contributed by atoms with Crippen molar-refractivity contribution in [1.29, 1.82) is 0 Å². The molecule has 0 aliphatic heterocycles. The first-order valence-corrected chi connectivity index (χ1v) is 5.30. The molecule has 0 aliphatic rings. The van der Waals surface area contributed by atoms with Gasteiger partial charge in [0, 0.05) is 0 Å². The molecule has 1 aromatic rings. The van der Waals surface area contributed by atoms with Gasteiger partial charge < -0.3 is 4.90 Å². The minimum atomic E-state index is 1.17. The third-order valence-electron chi connectivity index (χ3n) is 2.64. The molecule has 0 aliphatic carbocycles. The standard InChI is InChI=1S/C13H21N/c1-11-7-8-13(10-12(11)2)6-5-9-14(3)4/h7-8,10H,5-6,9H2,1-4H3. The van der Waals surface area contributed by atoms with Crippen LogP contribution in [-0.4, -0.2) is 25.5 Å². The van der Waals surface area contributed by atoms with Gasteiger partial charge in [0.15, 0.2) is 0 Å². The Hall–Kier alpha value is -0.820. The maximum Gasteiger partial charge on any atom is -0.00217 e. The van der Waals surface area contributed by atoms with Crippen LogP contribution in [-0.2, 0) is 6.42 Å². The average Bonchev–Trinajstić information content (AvgIpc) is 2.10. The molecule has 0 N–H and O–H groups in total. The molecule has 0 fully saturated rings. The molecule has 0 bridgehead atoms. The zero-order chi connectivity index (χ0) is 10.6. The van der Waals surface area contributed by atoms with E-state index in [1.54, 1.807) is 0 Å². The van der Waals surface area contributed by atoms with Crippen LogP contribution in [0.1, 0.15) is 23.1 Å². The van der Waals surface area contributed by atoms with E-state index in [9.17, 15) is 0 Å². The van der Waals surface area contributed by atoms with Gasteiger partial charge in [-0.1, -0.05) is 18.2 Å². The lowest BCUT2D eigenvalue weighted by Crippen LogP contribution is -2.13. The second-order valence-corrected chi connectivity index (χ2v) is 4.33. The molecule has 1 nitrogen and oxygen atoms in total. The highest BCUT2D eigenvalue weighted by molar-refractivity contribution is 5.29. The second kappa shape index (κ2) is 5.16. The highest BCUT2D eigenvalue weighted by Gasteiger charge is 1.97. The number of aryl methyl sites for hydroxylation is 3. The van der Waals surface area contributed by atoms with Crippen LogP contribution < -0.4 is 0 Å². The summed E-state index contributed by atoms with van der Waals surface area (Å²) in [5, 5.41) is 0. The fourth-order valence-corrected chi connectivity index (χ4v) is 1.56. The number of benzene rings is 1. The quantitative estimate of drug-likeness (QED) is 0.707. The third kappa shape index (κ3) is 3.51. The molecular formula is C13H21N. The van der Waals surface area contributed by atoms with Crippen LogP contribution in [0.15, 0.2) is 18.2 Å². The topological polar surface area (TPSA) is 3.24 Å². The molecule has 0 atom stereocenters. The van der Waals surface area contributed by atoms with Crippen molar-refractivity contribution in [3.8, 4) is 0 Å². The van der Waals surface area contributed by atoms with E-state index < -0.39 is 0 Å². The summed E-state index contributed by atoms with van der Waals surface area (Å²) in [6.45, 7) is 5.52. The van der Waals surface area contributed by atoms with Crippen LogP contribution in [0.4, 0.5) is 0 Å². The van der Waals surface area contributed by atoms with Gasteiger partial charge >= 0.3 is 0 Å². The van der Waals surface area contributed by atoms with E-state index >= 15 is 0 Å². The summed E-state index contributed by atoms with van der Waals surface area (Å²) in [4.78, 5) is 2.24. The number of rotatable bonds is 4. The zero-order valence-electron chi connectivity index (χ0n) is 9.80. The van der Waals surface area contributed by atoms with E-state index in [0.29, 0.717) is 0 Å². The van der Waals surface area contributed by atoms with Crippen LogP contribution in [0.25, 0.3) is 0 Å². The van der Waals surface area contributed by atoms with Crippen molar-refractivity contribution < 1.29 is 0 Å². The Bertz CT molecular complexity index is 289. The predicted molar refractivity (Wildman–Crippen MR) is 62.8 cm³/mol. The molecule has 0 heterocycles. The fourth-order valence-electron chi connectivity index (χ4n) is 1.56. The SMILES string of the molecule is Cc1ccc(CCCN(C)C)cc1C. The van der Waals surface area contributed by atoms with Gasteiger partial charge in [-0.3, -0.25) is 0 Å². The van der Waals surface area contributed by atoms with Crippen molar-refractivity contribution in [3.63, 3.8) is 0 Å². The lowest BCUT2D eigenvalue weighted by Gasteiger charge is -2.09. The maximum absolute atomic E-state index is 2.31. The highest BCUT2D eigenvalue weighted by atomic mass is 15.0. The van der Waals surface area contributed by atoms with E-state index in [0.717, 1.165) is 0 Å². The summed E-state index contributed by atoms with van der Waals surface area (Å²) in [5.41, 5.74) is 4.27. The van der Waals surface area contributed by atoms with E-state index in [2.05, 4.69) is 51.0 Å². The Morgan fingerprint density at radius 1 is 1.07 bits per heavy atom. The number of hydrogen-bond acceptors (Lipinski definition) is 1. The van der Waals surface area contributed by atoms with Gasteiger partial charge in [-0.2, -0.15) is 0 Å². The van der Waals surface area contributed by atoms with E-state index in [1.807, 2.05) is 0 Å². The van der Waals surface area contributed by atoms with Crippen LogP contribution in [0, 0.1) is 13.8 Å². The number of nitrogens with zero attached hydrogens (tertiary/aromatic N) is 1. The van der Waals surface area contributed by atoms with Gasteiger partial charge in [-0.25, -0.2) is 0 Å². The van der Waals surface area contributed by atoms with Crippen LogP contribution >= 0.6 is 0 Å². The maximum atomic E-state index is 2.31. The summed E-state index contributed by atoms with van der Waals surface area (Å²) in [6, 6.07) is 6.78. The summed E-state index contributed by atoms with van der Waals surface area (Å²) in [7, 11) is 4.25. The van der Waals surface area contributed by atoms with Crippen LogP contribution in [0.5, 0.6) is 0 Å². The molecule has 78 valence electrons. The zero-order valence-corrected chi connectivity index (χ0v) is 9.80. The van der Waals surface area contributed by atoms with Crippen molar-refractivity contribution in [3.05, 3.63) is 34.9 Å². The molecule has 0 radical (unpaired) electrons. The molecule has 0 spiro atoms. The van der Waals surface area contributed by atoms with Crippen molar-refractivity contribution in [2.45, 2.75) is 26.7 Å². The molecule has 14 heavy (non-hydrogen) atoms. The molecule has 1 heteroatoms. The molecule has 0 amide bonds.